The maximum absolute atomic E-state index is 12.9. The number of alkyl halides is 3. The zero-order valence-corrected chi connectivity index (χ0v) is 15.8. The highest BCUT2D eigenvalue weighted by Crippen LogP contribution is 2.30. The van der Waals surface area contributed by atoms with Crippen LogP contribution in [0.25, 0.3) is 0 Å². The molecule has 1 aromatic rings. The second-order valence-electron chi connectivity index (χ2n) is 7.46. The van der Waals surface area contributed by atoms with Gasteiger partial charge in [-0.3, -0.25) is 4.79 Å². The molecule has 1 amide bonds. The molecule has 1 saturated heterocycles. The summed E-state index contributed by atoms with van der Waals surface area (Å²) in [5.74, 6) is 0.0356. The van der Waals surface area contributed by atoms with Crippen molar-refractivity contribution in [3.05, 3.63) is 29.8 Å². The summed E-state index contributed by atoms with van der Waals surface area (Å²) < 4.78 is 38.1. The molecule has 0 unspecified atom stereocenters. The van der Waals surface area contributed by atoms with Crippen LogP contribution in [0.2, 0.25) is 0 Å². The number of nitrogens with zero attached hydrogens (tertiary/aromatic N) is 2. The SMILES string of the molecule is CC(C)[C@@H](Nc1ccc(C(F)(F)F)cc1)C(=O)N1CCC(N(C)C)CC1. The molecule has 0 spiro atoms. The van der Waals surface area contributed by atoms with E-state index >= 15 is 0 Å². The third-order valence-electron chi connectivity index (χ3n) is 4.97. The molecule has 1 aromatic carbocycles. The maximum atomic E-state index is 12.9. The van der Waals surface area contributed by atoms with Gasteiger partial charge in [0.25, 0.3) is 0 Å². The number of hydrogen-bond acceptors (Lipinski definition) is 3. The summed E-state index contributed by atoms with van der Waals surface area (Å²) in [7, 11) is 4.09. The van der Waals surface area contributed by atoms with Crippen molar-refractivity contribution < 1.29 is 18.0 Å². The molecular weight excluding hydrogens is 343 g/mol. The van der Waals surface area contributed by atoms with E-state index in [0.29, 0.717) is 24.8 Å². The van der Waals surface area contributed by atoms with Crippen molar-refractivity contribution in [3.8, 4) is 0 Å². The van der Waals surface area contributed by atoms with Gasteiger partial charge in [0.2, 0.25) is 5.91 Å². The first-order valence-corrected chi connectivity index (χ1v) is 8.98. The van der Waals surface area contributed by atoms with E-state index in [4.69, 9.17) is 0 Å². The molecule has 146 valence electrons. The quantitative estimate of drug-likeness (QED) is 0.857. The highest BCUT2D eigenvalue weighted by molar-refractivity contribution is 5.85. The number of carbonyl (C=O) groups is 1. The molecule has 0 aliphatic carbocycles. The molecule has 0 saturated carbocycles. The first-order chi connectivity index (χ1) is 12.1. The van der Waals surface area contributed by atoms with Gasteiger partial charge in [-0.25, -0.2) is 0 Å². The molecular formula is C19H28F3N3O. The van der Waals surface area contributed by atoms with Crippen molar-refractivity contribution >= 4 is 11.6 Å². The van der Waals surface area contributed by atoms with Crippen LogP contribution in [0.1, 0.15) is 32.3 Å². The summed E-state index contributed by atoms with van der Waals surface area (Å²) in [4.78, 5) is 17.0. The van der Waals surface area contributed by atoms with Crippen LogP contribution in [0.4, 0.5) is 18.9 Å². The Kier molecular flexibility index (Phi) is 6.55. The van der Waals surface area contributed by atoms with Gasteiger partial charge >= 0.3 is 6.18 Å². The first-order valence-electron chi connectivity index (χ1n) is 8.98. The lowest BCUT2D eigenvalue weighted by Gasteiger charge is -2.37. The number of likely N-dealkylation sites (tertiary alicyclic amines) is 1. The number of nitrogens with one attached hydrogen (secondary N) is 1. The minimum absolute atomic E-state index is 0.0112. The Morgan fingerprint density at radius 2 is 1.69 bits per heavy atom. The van der Waals surface area contributed by atoms with Gasteiger partial charge in [0, 0.05) is 24.8 Å². The van der Waals surface area contributed by atoms with E-state index in [1.165, 1.54) is 12.1 Å². The Balaban J connectivity index is 2.03. The zero-order chi connectivity index (χ0) is 19.5. The predicted molar refractivity (Wildman–Crippen MR) is 97.0 cm³/mol. The van der Waals surface area contributed by atoms with Gasteiger partial charge in [0.1, 0.15) is 6.04 Å². The molecule has 1 N–H and O–H groups in total. The Bertz CT molecular complexity index is 591. The van der Waals surface area contributed by atoms with Gasteiger partial charge in [-0.2, -0.15) is 13.2 Å². The number of rotatable bonds is 5. The van der Waals surface area contributed by atoms with Crippen LogP contribution < -0.4 is 5.32 Å². The zero-order valence-electron chi connectivity index (χ0n) is 15.8. The minimum Gasteiger partial charge on any atom is -0.373 e. The largest absolute Gasteiger partial charge is 0.416 e. The standard InChI is InChI=1S/C19H28F3N3O/c1-13(2)17(18(26)25-11-9-16(10-12-25)24(3)4)23-15-7-5-14(6-8-15)19(20,21)22/h5-8,13,16-17,23H,9-12H2,1-4H3/t17-/m1/s1. The number of carbonyl (C=O) groups excluding carboxylic acids is 1. The van der Waals surface area contributed by atoms with Gasteiger partial charge in [-0.1, -0.05) is 13.8 Å². The Hall–Kier alpha value is -1.76. The molecule has 0 aromatic heterocycles. The number of amides is 1. The lowest BCUT2D eigenvalue weighted by molar-refractivity contribution is -0.137. The van der Waals surface area contributed by atoms with Gasteiger partial charge in [0.15, 0.2) is 0 Å². The third kappa shape index (κ3) is 5.13. The third-order valence-corrected chi connectivity index (χ3v) is 4.97. The van der Waals surface area contributed by atoms with Crippen LogP contribution in [0, 0.1) is 5.92 Å². The van der Waals surface area contributed by atoms with Crippen molar-refractivity contribution in [2.45, 2.75) is 44.9 Å². The molecule has 0 radical (unpaired) electrons. The summed E-state index contributed by atoms with van der Waals surface area (Å²) in [5, 5.41) is 3.12. The van der Waals surface area contributed by atoms with E-state index < -0.39 is 17.8 Å². The number of benzene rings is 1. The van der Waals surface area contributed by atoms with E-state index in [0.717, 1.165) is 25.0 Å². The second-order valence-corrected chi connectivity index (χ2v) is 7.46. The molecule has 1 aliphatic rings. The molecule has 0 bridgehead atoms. The van der Waals surface area contributed by atoms with Gasteiger partial charge in [0.05, 0.1) is 5.56 Å². The summed E-state index contributed by atoms with van der Waals surface area (Å²) in [6.07, 6.45) is -2.49. The average molecular weight is 371 g/mol. The van der Waals surface area contributed by atoms with Crippen molar-refractivity contribution in [2.24, 2.45) is 5.92 Å². The monoisotopic (exact) mass is 371 g/mol. The van der Waals surface area contributed by atoms with Gasteiger partial charge in [-0.15, -0.1) is 0 Å². The van der Waals surface area contributed by atoms with E-state index in [9.17, 15) is 18.0 Å². The van der Waals surface area contributed by atoms with Crippen molar-refractivity contribution in [3.63, 3.8) is 0 Å². The van der Waals surface area contributed by atoms with Crippen LogP contribution in [-0.4, -0.2) is 55.0 Å². The Morgan fingerprint density at radius 1 is 1.15 bits per heavy atom. The van der Waals surface area contributed by atoms with Crippen LogP contribution in [0.15, 0.2) is 24.3 Å². The highest BCUT2D eigenvalue weighted by atomic mass is 19.4. The molecule has 1 atom stereocenters. The fraction of sp³-hybridized carbons (Fsp3) is 0.632. The molecule has 1 aliphatic heterocycles. The summed E-state index contributed by atoms with van der Waals surface area (Å²) in [5.41, 5.74) is -0.172. The summed E-state index contributed by atoms with van der Waals surface area (Å²) in [6, 6.07) is 4.86. The van der Waals surface area contributed by atoms with Crippen molar-refractivity contribution in [1.82, 2.24) is 9.80 Å². The average Bonchev–Trinajstić information content (AvgIpc) is 2.58. The maximum Gasteiger partial charge on any atom is 0.416 e. The smallest absolute Gasteiger partial charge is 0.373 e. The van der Waals surface area contributed by atoms with Gasteiger partial charge < -0.3 is 15.1 Å². The van der Waals surface area contributed by atoms with Crippen molar-refractivity contribution in [2.75, 3.05) is 32.5 Å². The number of piperidine rings is 1. The van der Waals surface area contributed by atoms with Gasteiger partial charge in [-0.05, 0) is 57.1 Å². The summed E-state index contributed by atoms with van der Waals surface area (Å²) >= 11 is 0. The van der Waals surface area contributed by atoms with E-state index in [1.54, 1.807) is 0 Å². The fourth-order valence-corrected chi connectivity index (χ4v) is 3.25. The molecule has 4 nitrogen and oxygen atoms in total. The fourth-order valence-electron chi connectivity index (χ4n) is 3.25. The van der Waals surface area contributed by atoms with Crippen LogP contribution >= 0.6 is 0 Å². The molecule has 1 fully saturated rings. The van der Waals surface area contributed by atoms with Crippen LogP contribution in [0.3, 0.4) is 0 Å². The molecule has 2 rings (SSSR count). The lowest BCUT2D eigenvalue weighted by atomic mass is 9.99. The number of anilines is 1. The van der Waals surface area contributed by atoms with E-state index in [1.807, 2.05) is 32.8 Å². The number of hydrogen-bond donors (Lipinski definition) is 1. The molecule has 7 heteroatoms. The van der Waals surface area contributed by atoms with Crippen molar-refractivity contribution in [1.29, 1.82) is 0 Å². The first kappa shape index (κ1) is 20.6. The topological polar surface area (TPSA) is 35.6 Å². The Morgan fingerprint density at radius 3 is 2.12 bits per heavy atom. The second kappa shape index (κ2) is 8.29. The van der Waals surface area contributed by atoms with Crippen LogP contribution in [0.5, 0.6) is 0 Å². The summed E-state index contributed by atoms with van der Waals surface area (Å²) in [6.45, 7) is 5.29. The normalized spacial score (nSPS) is 17.7. The van der Waals surface area contributed by atoms with E-state index in [-0.39, 0.29) is 11.8 Å². The highest BCUT2D eigenvalue weighted by Gasteiger charge is 2.32. The van der Waals surface area contributed by atoms with Crippen LogP contribution in [-0.2, 0) is 11.0 Å². The minimum atomic E-state index is -4.36. The number of halogens is 3. The molecule has 26 heavy (non-hydrogen) atoms. The lowest BCUT2D eigenvalue weighted by Crippen LogP contribution is -2.50. The predicted octanol–water partition coefficient (Wildman–Crippen LogP) is 3.69. The molecule has 1 heterocycles. The van der Waals surface area contributed by atoms with E-state index in [2.05, 4.69) is 10.2 Å². The Labute approximate surface area is 153 Å².